The van der Waals surface area contributed by atoms with Crippen LogP contribution in [0.2, 0.25) is 0 Å². The van der Waals surface area contributed by atoms with Crippen molar-refractivity contribution in [2.24, 2.45) is 0 Å². The molecule has 152 valence electrons. The average molecular weight is 383 g/mol. The van der Waals surface area contributed by atoms with Crippen LogP contribution < -0.4 is 16.2 Å². The number of likely N-dealkylation sites (tertiary alicyclic amines) is 1. The molecule has 0 bridgehead atoms. The summed E-state index contributed by atoms with van der Waals surface area (Å²) < 4.78 is 2.05. The van der Waals surface area contributed by atoms with Gasteiger partial charge in [-0.1, -0.05) is 6.42 Å². The zero-order valence-electron chi connectivity index (χ0n) is 17.2. The first kappa shape index (κ1) is 19.6. The van der Waals surface area contributed by atoms with E-state index < -0.39 is 0 Å². The van der Waals surface area contributed by atoms with Crippen LogP contribution in [0.5, 0.6) is 0 Å². The van der Waals surface area contributed by atoms with Crippen LogP contribution in [0.25, 0.3) is 10.9 Å². The number of aromatic nitrogens is 1. The highest BCUT2D eigenvalue weighted by Gasteiger charge is 2.17. The minimum Gasteiger partial charge on any atom is -0.318 e. The van der Waals surface area contributed by atoms with E-state index in [0.717, 1.165) is 43.7 Å². The van der Waals surface area contributed by atoms with Crippen molar-refractivity contribution < 1.29 is 0 Å². The number of fused-ring (bicyclic) bond motifs is 2. The summed E-state index contributed by atoms with van der Waals surface area (Å²) in [5, 5.41) is 7.78. The van der Waals surface area contributed by atoms with E-state index in [-0.39, 0.29) is 5.56 Å². The van der Waals surface area contributed by atoms with Gasteiger partial charge in [0.1, 0.15) is 0 Å². The molecule has 2 aliphatic rings. The SMILES string of the molecule is CNCCNCc1cc2cc3c(cc2n(CCN2CCCCC2)c1=O)CCC3. The molecule has 0 unspecified atom stereocenters. The molecule has 1 saturated heterocycles. The quantitative estimate of drug-likeness (QED) is 0.688. The molecule has 5 heteroatoms. The monoisotopic (exact) mass is 382 g/mol. The predicted octanol–water partition coefficient (Wildman–Crippen LogP) is 2.29. The van der Waals surface area contributed by atoms with Gasteiger partial charge in [-0.15, -0.1) is 0 Å². The second-order valence-corrected chi connectivity index (χ2v) is 8.34. The number of pyridine rings is 1. The lowest BCUT2D eigenvalue weighted by molar-refractivity contribution is 0.221. The molecule has 2 aromatic rings. The summed E-state index contributed by atoms with van der Waals surface area (Å²) in [5.74, 6) is 0. The summed E-state index contributed by atoms with van der Waals surface area (Å²) in [6.45, 7) is 6.52. The molecule has 1 aromatic carbocycles. The van der Waals surface area contributed by atoms with Gasteiger partial charge in [-0.3, -0.25) is 4.79 Å². The first-order valence-corrected chi connectivity index (χ1v) is 11.0. The molecule has 28 heavy (non-hydrogen) atoms. The van der Waals surface area contributed by atoms with Gasteiger partial charge in [-0.2, -0.15) is 0 Å². The van der Waals surface area contributed by atoms with Crippen LogP contribution in [-0.2, 0) is 25.9 Å². The molecule has 0 amide bonds. The minimum atomic E-state index is 0.180. The minimum absolute atomic E-state index is 0.180. The average Bonchev–Trinajstić information content (AvgIpc) is 3.17. The number of nitrogens with zero attached hydrogens (tertiary/aromatic N) is 2. The largest absolute Gasteiger partial charge is 0.318 e. The Bertz CT molecular complexity index is 867. The van der Waals surface area contributed by atoms with Crippen LogP contribution >= 0.6 is 0 Å². The second kappa shape index (κ2) is 9.21. The molecule has 4 rings (SSSR count). The molecule has 1 aliphatic heterocycles. The molecule has 2 heterocycles. The van der Waals surface area contributed by atoms with E-state index in [1.807, 2.05) is 7.05 Å². The molecule has 1 fully saturated rings. The molecular formula is C23H34N4O. The van der Waals surface area contributed by atoms with Gasteiger partial charge in [0.25, 0.3) is 5.56 Å². The zero-order chi connectivity index (χ0) is 19.3. The van der Waals surface area contributed by atoms with E-state index in [1.165, 1.54) is 61.7 Å². The number of hydrogen-bond donors (Lipinski definition) is 2. The third kappa shape index (κ3) is 4.32. The summed E-state index contributed by atoms with van der Waals surface area (Å²) in [6.07, 6.45) is 7.49. The van der Waals surface area contributed by atoms with Crippen molar-refractivity contribution in [2.45, 2.75) is 51.6 Å². The molecule has 2 N–H and O–H groups in total. The number of likely N-dealkylation sites (N-methyl/N-ethyl adjacent to an activating group) is 1. The lowest BCUT2D eigenvalue weighted by Gasteiger charge is -2.27. The lowest BCUT2D eigenvalue weighted by atomic mass is 10.0. The van der Waals surface area contributed by atoms with Crippen LogP contribution in [0.4, 0.5) is 0 Å². The Hall–Kier alpha value is -1.69. The van der Waals surface area contributed by atoms with Crippen molar-refractivity contribution >= 4 is 10.9 Å². The van der Waals surface area contributed by atoms with Gasteiger partial charge in [0.2, 0.25) is 0 Å². The number of rotatable bonds is 8. The Morgan fingerprint density at radius 2 is 1.71 bits per heavy atom. The van der Waals surface area contributed by atoms with Gasteiger partial charge in [-0.05, 0) is 87.0 Å². The highest BCUT2D eigenvalue weighted by Crippen LogP contribution is 2.27. The normalized spacial score (nSPS) is 17.3. The number of piperidine rings is 1. The fraction of sp³-hybridized carbons (Fsp3) is 0.609. The Labute approximate surface area is 168 Å². The van der Waals surface area contributed by atoms with E-state index >= 15 is 0 Å². The van der Waals surface area contributed by atoms with Gasteiger partial charge >= 0.3 is 0 Å². The summed E-state index contributed by atoms with van der Waals surface area (Å²) in [7, 11) is 1.95. The van der Waals surface area contributed by atoms with Crippen LogP contribution in [0.1, 0.15) is 42.4 Å². The van der Waals surface area contributed by atoms with Crippen LogP contribution in [0, 0.1) is 0 Å². The fourth-order valence-electron chi connectivity index (χ4n) is 4.72. The van der Waals surface area contributed by atoms with Crippen molar-refractivity contribution in [2.75, 3.05) is 39.8 Å². The van der Waals surface area contributed by atoms with Gasteiger partial charge in [0, 0.05) is 38.3 Å². The molecule has 0 atom stereocenters. The maximum atomic E-state index is 13.3. The van der Waals surface area contributed by atoms with Gasteiger partial charge < -0.3 is 20.1 Å². The Morgan fingerprint density at radius 1 is 0.929 bits per heavy atom. The molecule has 0 spiro atoms. The smallest absolute Gasteiger partial charge is 0.255 e. The van der Waals surface area contributed by atoms with E-state index in [0.29, 0.717) is 6.54 Å². The Balaban J connectivity index is 1.64. The Morgan fingerprint density at radius 3 is 2.50 bits per heavy atom. The number of hydrogen-bond acceptors (Lipinski definition) is 4. The van der Waals surface area contributed by atoms with E-state index in [9.17, 15) is 4.79 Å². The van der Waals surface area contributed by atoms with Gasteiger partial charge in [0.05, 0.1) is 5.52 Å². The maximum absolute atomic E-state index is 13.3. The zero-order valence-corrected chi connectivity index (χ0v) is 17.2. The highest BCUT2D eigenvalue weighted by atomic mass is 16.1. The molecule has 5 nitrogen and oxygen atoms in total. The van der Waals surface area contributed by atoms with E-state index in [2.05, 4.69) is 38.3 Å². The highest BCUT2D eigenvalue weighted by molar-refractivity contribution is 5.82. The van der Waals surface area contributed by atoms with E-state index in [1.54, 1.807) is 0 Å². The maximum Gasteiger partial charge on any atom is 0.255 e. The van der Waals surface area contributed by atoms with Gasteiger partial charge in [0.15, 0.2) is 0 Å². The van der Waals surface area contributed by atoms with Crippen LogP contribution in [0.3, 0.4) is 0 Å². The topological polar surface area (TPSA) is 49.3 Å². The van der Waals surface area contributed by atoms with Gasteiger partial charge in [-0.25, -0.2) is 0 Å². The molecule has 1 aliphatic carbocycles. The predicted molar refractivity (Wildman–Crippen MR) is 116 cm³/mol. The van der Waals surface area contributed by atoms with Crippen molar-refractivity contribution in [3.05, 3.63) is 45.2 Å². The number of aryl methyl sites for hydroxylation is 2. The number of benzene rings is 1. The molecule has 0 saturated carbocycles. The van der Waals surface area contributed by atoms with Crippen molar-refractivity contribution in [3.63, 3.8) is 0 Å². The third-order valence-corrected chi connectivity index (χ3v) is 6.34. The van der Waals surface area contributed by atoms with Crippen molar-refractivity contribution in [1.82, 2.24) is 20.1 Å². The summed E-state index contributed by atoms with van der Waals surface area (Å²) in [6, 6.07) is 6.76. The van der Waals surface area contributed by atoms with Crippen LogP contribution in [-0.4, -0.2) is 49.2 Å². The Kier molecular flexibility index (Phi) is 6.45. The standard InChI is InChI=1S/C23H34N4O/c1-24-8-9-25-17-21-15-20-14-18-6-5-7-19(18)16-22(20)27(23(21)28)13-12-26-10-3-2-4-11-26/h14-16,24-25H,2-13,17H2,1H3. The first-order valence-electron chi connectivity index (χ1n) is 11.0. The lowest BCUT2D eigenvalue weighted by Crippen LogP contribution is -2.36. The fourth-order valence-corrected chi connectivity index (χ4v) is 4.72. The van der Waals surface area contributed by atoms with Crippen molar-refractivity contribution in [1.29, 1.82) is 0 Å². The first-order chi connectivity index (χ1) is 13.8. The summed E-state index contributed by atoms with van der Waals surface area (Å²) in [5.41, 5.74) is 5.11. The van der Waals surface area contributed by atoms with Crippen LogP contribution in [0.15, 0.2) is 23.0 Å². The third-order valence-electron chi connectivity index (χ3n) is 6.34. The van der Waals surface area contributed by atoms with Crippen molar-refractivity contribution in [3.8, 4) is 0 Å². The van der Waals surface area contributed by atoms with E-state index in [4.69, 9.17) is 0 Å². The second-order valence-electron chi connectivity index (χ2n) is 8.34. The summed E-state index contributed by atoms with van der Waals surface area (Å²) in [4.78, 5) is 15.8. The molecular weight excluding hydrogens is 348 g/mol. The number of nitrogens with one attached hydrogen (secondary N) is 2. The summed E-state index contributed by atoms with van der Waals surface area (Å²) >= 11 is 0. The molecule has 1 aromatic heterocycles. The molecule has 0 radical (unpaired) electrons.